The number of aryl methyl sites for hydroxylation is 1. The maximum atomic E-state index is 15.0. The Morgan fingerprint density at radius 1 is 0.885 bits per heavy atom. The van der Waals surface area contributed by atoms with Gasteiger partial charge in [0.15, 0.2) is 0 Å². The number of fused-ring (bicyclic) bond motifs is 1. The quantitative estimate of drug-likeness (QED) is 0.422. The molecule has 0 aliphatic carbocycles. The average molecular weight is 345 g/mol. The molecule has 0 saturated heterocycles. The second-order valence-corrected chi connectivity index (χ2v) is 6.84. The summed E-state index contributed by atoms with van der Waals surface area (Å²) in [5.41, 5.74) is 3.23. The third kappa shape index (κ3) is 4.11. The SMILES string of the molecule is CCCCCCCc1ccc2c(F)c(-c3ccc(C#N)cc3)ccc2c1. The lowest BCUT2D eigenvalue weighted by Gasteiger charge is -2.09. The minimum absolute atomic E-state index is 0.193. The fraction of sp³-hybridized carbons (Fsp3) is 0.292. The molecule has 0 amide bonds. The topological polar surface area (TPSA) is 23.8 Å². The maximum Gasteiger partial charge on any atom is 0.138 e. The molecule has 0 N–H and O–H groups in total. The van der Waals surface area contributed by atoms with Gasteiger partial charge in [-0.3, -0.25) is 0 Å². The predicted octanol–water partition coefficient (Wildman–Crippen LogP) is 7.03. The molecule has 3 aromatic carbocycles. The monoisotopic (exact) mass is 345 g/mol. The highest BCUT2D eigenvalue weighted by Crippen LogP contribution is 2.30. The molecule has 26 heavy (non-hydrogen) atoms. The zero-order valence-corrected chi connectivity index (χ0v) is 15.3. The van der Waals surface area contributed by atoms with Gasteiger partial charge in [0, 0.05) is 10.9 Å². The second kappa shape index (κ2) is 8.63. The molecule has 0 aliphatic heterocycles. The molecule has 3 rings (SSSR count). The van der Waals surface area contributed by atoms with Crippen molar-refractivity contribution in [2.24, 2.45) is 0 Å². The van der Waals surface area contributed by atoms with Gasteiger partial charge >= 0.3 is 0 Å². The van der Waals surface area contributed by atoms with E-state index in [0.29, 0.717) is 16.5 Å². The highest BCUT2D eigenvalue weighted by atomic mass is 19.1. The molecule has 0 fully saturated rings. The molecule has 0 heterocycles. The number of hydrogen-bond acceptors (Lipinski definition) is 1. The Hall–Kier alpha value is -2.66. The summed E-state index contributed by atoms with van der Waals surface area (Å²) in [5, 5.41) is 10.5. The summed E-state index contributed by atoms with van der Waals surface area (Å²) in [6, 6.07) is 19.0. The van der Waals surface area contributed by atoms with E-state index in [-0.39, 0.29) is 5.82 Å². The molecule has 132 valence electrons. The third-order valence-electron chi connectivity index (χ3n) is 4.91. The van der Waals surface area contributed by atoms with E-state index in [0.717, 1.165) is 17.4 Å². The average Bonchev–Trinajstić information content (AvgIpc) is 2.68. The number of unbranched alkanes of at least 4 members (excludes halogenated alkanes) is 4. The molecule has 3 aromatic rings. The zero-order chi connectivity index (χ0) is 18.4. The van der Waals surface area contributed by atoms with Gasteiger partial charge in [-0.05, 0) is 41.5 Å². The summed E-state index contributed by atoms with van der Waals surface area (Å²) < 4.78 is 15.0. The van der Waals surface area contributed by atoms with Crippen LogP contribution in [0, 0.1) is 17.1 Å². The summed E-state index contributed by atoms with van der Waals surface area (Å²) in [7, 11) is 0. The molecule has 0 radical (unpaired) electrons. The molecule has 0 spiro atoms. The Bertz CT molecular complexity index is 919. The van der Waals surface area contributed by atoms with Gasteiger partial charge in [-0.15, -0.1) is 0 Å². The molecule has 0 atom stereocenters. The van der Waals surface area contributed by atoms with Crippen LogP contribution in [0.4, 0.5) is 4.39 Å². The van der Waals surface area contributed by atoms with Gasteiger partial charge < -0.3 is 0 Å². The summed E-state index contributed by atoms with van der Waals surface area (Å²) in [6.45, 7) is 2.23. The van der Waals surface area contributed by atoms with Crippen molar-refractivity contribution in [1.29, 1.82) is 5.26 Å². The normalized spacial score (nSPS) is 10.8. The van der Waals surface area contributed by atoms with Gasteiger partial charge in [0.2, 0.25) is 0 Å². The first-order valence-corrected chi connectivity index (χ1v) is 9.44. The highest BCUT2D eigenvalue weighted by molar-refractivity contribution is 5.88. The number of rotatable bonds is 7. The van der Waals surface area contributed by atoms with Gasteiger partial charge in [0.05, 0.1) is 11.6 Å². The molecule has 2 heteroatoms. The van der Waals surface area contributed by atoms with E-state index in [1.807, 2.05) is 24.3 Å². The van der Waals surface area contributed by atoms with E-state index < -0.39 is 0 Å². The molecule has 0 unspecified atom stereocenters. The van der Waals surface area contributed by atoms with Crippen LogP contribution < -0.4 is 0 Å². The van der Waals surface area contributed by atoms with Crippen molar-refractivity contribution in [3.8, 4) is 17.2 Å². The minimum atomic E-state index is -0.193. The number of hydrogen-bond donors (Lipinski definition) is 0. The second-order valence-electron chi connectivity index (χ2n) is 6.84. The molecular weight excluding hydrogens is 321 g/mol. The Kier molecular flexibility index (Phi) is 6.02. The fourth-order valence-corrected chi connectivity index (χ4v) is 3.38. The van der Waals surface area contributed by atoms with Crippen LogP contribution in [-0.4, -0.2) is 0 Å². The minimum Gasteiger partial charge on any atom is -0.206 e. The van der Waals surface area contributed by atoms with Crippen LogP contribution in [0.3, 0.4) is 0 Å². The van der Waals surface area contributed by atoms with E-state index in [1.165, 1.54) is 37.7 Å². The Morgan fingerprint density at radius 2 is 1.65 bits per heavy atom. The lowest BCUT2D eigenvalue weighted by atomic mass is 9.97. The number of nitriles is 1. The lowest BCUT2D eigenvalue weighted by Crippen LogP contribution is -1.90. The first-order chi connectivity index (χ1) is 12.7. The van der Waals surface area contributed by atoms with E-state index in [1.54, 1.807) is 24.3 Å². The van der Waals surface area contributed by atoms with Crippen LogP contribution in [0.15, 0.2) is 54.6 Å². The standard InChI is InChI=1S/C24H24FN/c1-2-3-4-5-6-7-18-10-14-23-21(16-18)13-15-22(24(23)25)20-11-8-19(17-26)9-12-20/h8-16H,2-7H2,1H3. The summed E-state index contributed by atoms with van der Waals surface area (Å²) >= 11 is 0. The van der Waals surface area contributed by atoms with Crippen molar-refractivity contribution in [2.75, 3.05) is 0 Å². The first-order valence-electron chi connectivity index (χ1n) is 9.44. The van der Waals surface area contributed by atoms with Gasteiger partial charge in [-0.2, -0.15) is 5.26 Å². The number of halogens is 1. The molecule has 0 saturated carbocycles. The summed E-state index contributed by atoms with van der Waals surface area (Å²) in [5.74, 6) is -0.193. The molecule has 0 aliphatic rings. The molecule has 0 aromatic heterocycles. The summed E-state index contributed by atoms with van der Waals surface area (Å²) in [6.07, 6.45) is 7.37. The van der Waals surface area contributed by atoms with Gasteiger partial charge in [0.1, 0.15) is 5.82 Å². The van der Waals surface area contributed by atoms with Gasteiger partial charge in [0.25, 0.3) is 0 Å². The van der Waals surface area contributed by atoms with Gasteiger partial charge in [-0.1, -0.05) is 75.1 Å². The largest absolute Gasteiger partial charge is 0.206 e. The number of benzene rings is 3. The van der Waals surface area contributed by atoms with Crippen LogP contribution in [0.25, 0.3) is 21.9 Å². The van der Waals surface area contributed by atoms with Crippen LogP contribution in [0.5, 0.6) is 0 Å². The van der Waals surface area contributed by atoms with Crippen molar-refractivity contribution < 1.29 is 4.39 Å². The molecular formula is C24H24FN. The van der Waals surface area contributed by atoms with Gasteiger partial charge in [-0.25, -0.2) is 4.39 Å². The van der Waals surface area contributed by atoms with Crippen molar-refractivity contribution in [2.45, 2.75) is 45.4 Å². The maximum absolute atomic E-state index is 15.0. The summed E-state index contributed by atoms with van der Waals surface area (Å²) in [4.78, 5) is 0. The predicted molar refractivity (Wildman–Crippen MR) is 107 cm³/mol. The van der Waals surface area contributed by atoms with Crippen LogP contribution in [0.1, 0.15) is 50.2 Å². The lowest BCUT2D eigenvalue weighted by molar-refractivity contribution is 0.632. The number of nitrogens with zero attached hydrogens (tertiary/aromatic N) is 1. The fourth-order valence-electron chi connectivity index (χ4n) is 3.38. The van der Waals surface area contributed by atoms with E-state index >= 15 is 0 Å². The van der Waals surface area contributed by atoms with Crippen LogP contribution in [0.2, 0.25) is 0 Å². The smallest absolute Gasteiger partial charge is 0.138 e. The van der Waals surface area contributed by atoms with Crippen LogP contribution >= 0.6 is 0 Å². The third-order valence-corrected chi connectivity index (χ3v) is 4.91. The van der Waals surface area contributed by atoms with E-state index in [2.05, 4.69) is 19.1 Å². The van der Waals surface area contributed by atoms with Crippen LogP contribution in [-0.2, 0) is 6.42 Å². The highest BCUT2D eigenvalue weighted by Gasteiger charge is 2.10. The Labute approximate surface area is 155 Å². The first kappa shape index (κ1) is 18.1. The molecule has 1 nitrogen and oxygen atoms in total. The van der Waals surface area contributed by atoms with E-state index in [9.17, 15) is 4.39 Å². The van der Waals surface area contributed by atoms with Crippen molar-refractivity contribution in [1.82, 2.24) is 0 Å². The molecule has 0 bridgehead atoms. The Balaban J connectivity index is 1.81. The van der Waals surface area contributed by atoms with E-state index in [4.69, 9.17) is 5.26 Å². The Morgan fingerprint density at radius 3 is 2.38 bits per heavy atom. The zero-order valence-electron chi connectivity index (χ0n) is 15.3. The van der Waals surface area contributed by atoms with Crippen molar-refractivity contribution in [3.05, 3.63) is 71.5 Å². The van der Waals surface area contributed by atoms with Crippen molar-refractivity contribution >= 4 is 10.8 Å². The van der Waals surface area contributed by atoms with Crippen molar-refractivity contribution in [3.63, 3.8) is 0 Å².